The maximum Gasteiger partial charge on any atom is 0.0550 e. The Morgan fingerprint density at radius 2 is 2.23 bits per heavy atom. The lowest BCUT2D eigenvalue weighted by atomic mass is 10.2. The Bertz CT molecular complexity index is 288. The van der Waals surface area contributed by atoms with Crippen LogP contribution < -0.4 is 5.73 Å². The number of aliphatic hydroxyl groups is 1. The third-order valence-corrected chi connectivity index (χ3v) is 3.03. The molecule has 0 aliphatic rings. The molecule has 1 aromatic carbocycles. The maximum atomic E-state index is 8.89. The van der Waals surface area contributed by atoms with Crippen molar-refractivity contribution in [1.82, 2.24) is 0 Å². The van der Waals surface area contributed by atoms with E-state index in [1.165, 1.54) is 0 Å². The van der Waals surface area contributed by atoms with Crippen LogP contribution in [0.25, 0.3) is 0 Å². The normalized spacial score (nSPS) is 12.8. The van der Waals surface area contributed by atoms with Crippen LogP contribution in [0.1, 0.15) is 12.5 Å². The fraction of sp³-hybridized carbons (Fsp3) is 0.400. The van der Waals surface area contributed by atoms with Gasteiger partial charge >= 0.3 is 0 Å². The summed E-state index contributed by atoms with van der Waals surface area (Å²) in [5.41, 5.74) is 7.80. The summed E-state index contributed by atoms with van der Waals surface area (Å²) in [6.07, 6.45) is 0. The molecule has 0 aliphatic heterocycles. The molecular formula is C10H15NOS. The molecule has 2 nitrogen and oxygen atoms in total. The Morgan fingerprint density at radius 1 is 1.54 bits per heavy atom. The number of aliphatic hydroxyl groups excluding tert-OH is 1. The van der Waals surface area contributed by atoms with Crippen molar-refractivity contribution >= 4 is 17.4 Å². The van der Waals surface area contributed by atoms with Crippen LogP contribution in [0.3, 0.4) is 0 Å². The fourth-order valence-corrected chi connectivity index (χ4v) is 1.96. The number of nitrogens with two attached hydrogens (primary N) is 1. The van der Waals surface area contributed by atoms with E-state index >= 15 is 0 Å². The molecule has 0 saturated carbocycles. The van der Waals surface area contributed by atoms with E-state index in [0.29, 0.717) is 0 Å². The summed E-state index contributed by atoms with van der Waals surface area (Å²) in [7, 11) is 0. The van der Waals surface area contributed by atoms with Crippen molar-refractivity contribution in [1.29, 1.82) is 0 Å². The van der Waals surface area contributed by atoms with Gasteiger partial charge in [-0.05, 0) is 18.6 Å². The first-order chi connectivity index (χ1) is 6.15. The second-order valence-electron chi connectivity index (χ2n) is 3.10. The van der Waals surface area contributed by atoms with Gasteiger partial charge in [0.1, 0.15) is 0 Å². The van der Waals surface area contributed by atoms with Crippen molar-refractivity contribution in [2.24, 2.45) is 0 Å². The molecule has 0 saturated heterocycles. The molecule has 3 N–H and O–H groups in total. The zero-order valence-corrected chi connectivity index (χ0v) is 8.77. The van der Waals surface area contributed by atoms with E-state index in [1.54, 1.807) is 11.8 Å². The number of hydrogen-bond donors (Lipinski definition) is 2. The first-order valence-electron chi connectivity index (χ1n) is 4.27. The second kappa shape index (κ2) is 4.53. The molecule has 13 heavy (non-hydrogen) atoms. The lowest BCUT2D eigenvalue weighted by molar-refractivity contribution is 0.300. The SMILES string of the molecule is Cc1cccc(SC(C)CO)c1N. The third-order valence-electron chi connectivity index (χ3n) is 1.87. The van der Waals surface area contributed by atoms with Gasteiger partial charge in [0.25, 0.3) is 0 Å². The third kappa shape index (κ3) is 2.64. The molecule has 3 heteroatoms. The molecular weight excluding hydrogens is 182 g/mol. The first kappa shape index (κ1) is 10.4. The number of hydrogen-bond acceptors (Lipinski definition) is 3. The van der Waals surface area contributed by atoms with E-state index in [1.807, 2.05) is 32.0 Å². The molecule has 72 valence electrons. The Hall–Kier alpha value is -0.670. The molecule has 0 spiro atoms. The predicted molar refractivity (Wildman–Crippen MR) is 58.0 cm³/mol. The van der Waals surface area contributed by atoms with Crippen LogP contribution in [-0.4, -0.2) is 17.0 Å². The van der Waals surface area contributed by atoms with E-state index in [4.69, 9.17) is 10.8 Å². The molecule has 0 aliphatic carbocycles. The molecule has 1 rings (SSSR count). The van der Waals surface area contributed by atoms with Gasteiger partial charge in [0.2, 0.25) is 0 Å². The highest BCUT2D eigenvalue weighted by molar-refractivity contribution is 8.00. The zero-order valence-electron chi connectivity index (χ0n) is 7.95. The lowest BCUT2D eigenvalue weighted by Crippen LogP contribution is -2.03. The van der Waals surface area contributed by atoms with Crippen molar-refractivity contribution in [3.8, 4) is 0 Å². The fourth-order valence-electron chi connectivity index (χ4n) is 1.01. The van der Waals surface area contributed by atoms with Crippen LogP contribution in [-0.2, 0) is 0 Å². The van der Waals surface area contributed by atoms with Crippen molar-refractivity contribution in [2.45, 2.75) is 24.0 Å². The lowest BCUT2D eigenvalue weighted by Gasteiger charge is -2.11. The Kier molecular flexibility index (Phi) is 3.63. The minimum absolute atomic E-state index is 0.179. The average Bonchev–Trinajstić information content (AvgIpc) is 2.13. The number of para-hydroxylation sites is 1. The quantitative estimate of drug-likeness (QED) is 0.576. The van der Waals surface area contributed by atoms with E-state index in [2.05, 4.69) is 0 Å². The smallest absolute Gasteiger partial charge is 0.0550 e. The summed E-state index contributed by atoms with van der Waals surface area (Å²) in [6.45, 7) is 4.15. The van der Waals surface area contributed by atoms with Crippen molar-refractivity contribution in [3.05, 3.63) is 23.8 Å². The topological polar surface area (TPSA) is 46.2 Å². The van der Waals surface area contributed by atoms with Crippen LogP contribution >= 0.6 is 11.8 Å². The van der Waals surface area contributed by atoms with Crippen LogP contribution in [0, 0.1) is 6.92 Å². The highest BCUT2D eigenvalue weighted by atomic mass is 32.2. The molecule has 0 aromatic heterocycles. The number of nitrogen functional groups attached to an aromatic ring is 1. The van der Waals surface area contributed by atoms with Crippen molar-refractivity contribution in [3.63, 3.8) is 0 Å². The van der Waals surface area contributed by atoms with Gasteiger partial charge in [-0.25, -0.2) is 0 Å². The molecule has 0 amide bonds. The number of thioether (sulfide) groups is 1. The Balaban J connectivity index is 2.83. The standard InChI is InChI=1S/C10H15NOS/c1-7-4-3-5-9(10(7)11)13-8(2)6-12/h3-5,8,12H,6,11H2,1-2H3. The number of benzene rings is 1. The van der Waals surface area contributed by atoms with Gasteiger partial charge in [-0.15, -0.1) is 11.8 Å². The maximum absolute atomic E-state index is 8.89. The predicted octanol–water partition coefficient (Wildman–Crippen LogP) is 2.05. The first-order valence-corrected chi connectivity index (χ1v) is 5.15. The van der Waals surface area contributed by atoms with Gasteiger partial charge in [-0.3, -0.25) is 0 Å². The van der Waals surface area contributed by atoms with Crippen LogP contribution in [0.5, 0.6) is 0 Å². The molecule has 0 radical (unpaired) electrons. The summed E-state index contributed by atoms with van der Waals surface area (Å²) in [5.74, 6) is 0. The Labute approximate surface area is 83.1 Å². The van der Waals surface area contributed by atoms with Crippen molar-refractivity contribution in [2.75, 3.05) is 12.3 Å². The number of aryl methyl sites for hydroxylation is 1. The van der Waals surface area contributed by atoms with Crippen LogP contribution in [0.15, 0.2) is 23.1 Å². The van der Waals surface area contributed by atoms with Gasteiger partial charge in [0, 0.05) is 15.8 Å². The van der Waals surface area contributed by atoms with E-state index in [9.17, 15) is 0 Å². The zero-order chi connectivity index (χ0) is 9.84. The Morgan fingerprint density at radius 3 is 2.85 bits per heavy atom. The highest BCUT2D eigenvalue weighted by Gasteiger charge is 2.06. The number of rotatable bonds is 3. The minimum atomic E-state index is 0.179. The van der Waals surface area contributed by atoms with E-state index in [-0.39, 0.29) is 11.9 Å². The summed E-state index contributed by atoms with van der Waals surface area (Å²) in [5, 5.41) is 9.09. The summed E-state index contributed by atoms with van der Waals surface area (Å²) in [6, 6.07) is 5.96. The average molecular weight is 197 g/mol. The molecule has 0 fully saturated rings. The minimum Gasteiger partial charge on any atom is -0.398 e. The van der Waals surface area contributed by atoms with Crippen LogP contribution in [0.4, 0.5) is 5.69 Å². The molecule has 0 bridgehead atoms. The molecule has 1 aromatic rings. The summed E-state index contributed by atoms with van der Waals surface area (Å²) < 4.78 is 0. The summed E-state index contributed by atoms with van der Waals surface area (Å²) >= 11 is 1.61. The summed E-state index contributed by atoms with van der Waals surface area (Å²) in [4.78, 5) is 1.06. The largest absolute Gasteiger partial charge is 0.398 e. The molecule has 0 heterocycles. The van der Waals surface area contributed by atoms with E-state index in [0.717, 1.165) is 16.1 Å². The monoisotopic (exact) mass is 197 g/mol. The van der Waals surface area contributed by atoms with Crippen LogP contribution in [0.2, 0.25) is 0 Å². The second-order valence-corrected chi connectivity index (χ2v) is 4.58. The van der Waals surface area contributed by atoms with Gasteiger partial charge < -0.3 is 10.8 Å². The van der Waals surface area contributed by atoms with Gasteiger partial charge in [0.15, 0.2) is 0 Å². The number of anilines is 1. The van der Waals surface area contributed by atoms with Crippen molar-refractivity contribution < 1.29 is 5.11 Å². The van der Waals surface area contributed by atoms with Gasteiger partial charge in [-0.1, -0.05) is 19.1 Å². The van der Waals surface area contributed by atoms with Gasteiger partial charge in [0.05, 0.1) is 6.61 Å². The molecule has 1 unspecified atom stereocenters. The van der Waals surface area contributed by atoms with Gasteiger partial charge in [-0.2, -0.15) is 0 Å². The molecule has 1 atom stereocenters. The highest BCUT2D eigenvalue weighted by Crippen LogP contribution is 2.30. The van der Waals surface area contributed by atoms with E-state index < -0.39 is 0 Å².